The van der Waals surface area contributed by atoms with E-state index in [0.717, 1.165) is 0 Å². The molecule has 2 aromatic rings. The van der Waals surface area contributed by atoms with Gasteiger partial charge in [0.15, 0.2) is 0 Å². The monoisotopic (exact) mass is 452 g/mol. The lowest BCUT2D eigenvalue weighted by atomic mass is 9.97. The molecule has 0 heterocycles. The lowest BCUT2D eigenvalue weighted by Gasteiger charge is -2.27. The van der Waals surface area contributed by atoms with Gasteiger partial charge in [-0.15, -0.1) is 0 Å². The zero-order valence-corrected chi connectivity index (χ0v) is 22.7. The maximum Gasteiger partial charge on any atom is -0.0160 e. The van der Waals surface area contributed by atoms with E-state index in [1.165, 1.54) is 89.6 Å². The first kappa shape index (κ1) is 27.1. The molecule has 0 fully saturated rings. The fraction of sp³-hybridized carbons (Fsp3) is 0.613. The van der Waals surface area contributed by atoms with Crippen molar-refractivity contribution in [2.24, 2.45) is 0 Å². The Balaban J connectivity index is 2.60. The number of hydrogen-bond acceptors (Lipinski definition) is 0. The minimum absolute atomic E-state index is 0.288. The Labute approximate surface area is 201 Å². The molecule has 2 aromatic carbocycles. The normalized spacial score (nSPS) is 11.4. The van der Waals surface area contributed by atoms with Crippen LogP contribution in [0.1, 0.15) is 115 Å². The molecule has 0 atom stereocenters. The average Bonchev–Trinajstić information content (AvgIpc) is 2.82. The number of benzene rings is 2. The van der Waals surface area contributed by atoms with Crippen LogP contribution in [-0.2, 0) is 25.7 Å². The molecule has 0 aliphatic carbocycles. The van der Waals surface area contributed by atoms with E-state index in [-0.39, 0.29) is 7.92 Å². The van der Waals surface area contributed by atoms with Crippen molar-refractivity contribution < 1.29 is 0 Å². The first-order chi connectivity index (χ1) is 15.7. The zero-order chi connectivity index (χ0) is 23.2. The topological polar surface area (TPSA) is 0 Å². The maximum absolute atomic E-state index is 2.50. The van der Waals surface area contributed by atoms with Crippen LogP contribution in [0.25, 0.3) is 0 Å². The second kappa shape index (κ2) is 15.7. The van der Waals surface area contributed by atoms with Gasteiger partial charge < -0.3 is 0 Å². The molecule has 32 heavy (non-hydrogen) atoms. The molecular weight excluding hydrogens is 403 g/mol. The minimum Gasteiger partial charge on any atom is -0.0654 e. The summed E-state index contributed by atoms with van der Waals surface area (Å²) in [6.07, 6.45) is 18.0. The van der Waals surface area contributed by atoms with Crippen LogP contribution in [0.5, 0.6) is 0 Å². The molecule has 0 spiro atoms. The van der Waals surface area contributed by atoms with E-state index in [9.17, 15) is 0 Å². The second-order valence-corrected chi connectivity index (χ2v) is 11.7. The predicted octanol–water partition coefficient (Wildman–Crippen LogP) is 8.90. The van der Waals surface area contributed by atoms with Crippen molar-refractivity contribution >= 4 is 18.5 Å². The molecule has 0 radical (unpaired) electrons. The van der Waals surface area contributed by atoms with Crippen molar-refractivity contribution in [1.82, 2.24) is 0 Å². The predicted molar refractivity (Wildman–Crippen MR) is 149 cm³/mol. The van der Waals surface area contributed by atoms with Crippen LogP contribution in [0.4, 0.5) is 0 Å². The Morgan fingerprint density at radius 3 is 1.28 bits per heavy atom. The molecule has 0 unspecified atom stereocenters. The number of unbranched alkanes of at least 4 members (excludes halogenated alkanes) is 4. The Hall–Kier alpha value is -1.13. The van der Waals surface area contributed by atoms with Crippen molar-refractivity contribution in [3.63, 3.8) is 0 Å². The van der Waals surface area contributed by atoms with E-state index < -0.39 is 0 Å². The van der Waals surface area contributed by atoms with Gasteiger partial charge in [0.1, 0.15) is 0 Å². The van der Waals surface area contributed by atoms with Crippen molar-refractivity contribution in [2.45, 2.75) is 118 Å². The third-order valence-corrected chi connectivity index (χ3v) is 9.58. The highest BCUT2D eigenvalue weighted by Crippen LogP contribution is 2.39. The summed E-state index contributed by atoms with van der Waals surface area (Å²) in [4.78, 5) is 0. The van der Waals surface area contributed by atoms with Gasteiger partial charge in [0, 0.05) is 0 Å². The Morgan fingerprint density at radius 2 is 0.906 bits per heavy atom. The van der Waals surface area contributed by atoms with Gasteiger partial charge in [-0.1, -0.05) is 103 Å². The fourth-order valence-corrected chi connectivity index (χ4v) is 7.71. The lowest BCUT2D eigenvalue weighted by Crippen LogP contribution is -2.23. The fourth-order valence-electron chi connectivity index (χ4n) is 4.83. The summed E-state index contributed by atoms with van der Waals surface area (Å²) < 4.78 is 0. The van der Waals surface area contributed by atoms with Gasteiger partial charge in [0.2, 0.25) is 0 Å². The van der Waals surface area contributed by atoms with Crippen molar-refractivity contribution in [3.05, 3.63) is 58.7 Å². The molecule has 0 nitrogen and oxygen atoms in total. The van der Waals surface area contributed by atoms with Gasteiger partial charge in [0.05, 0.1) is 0 Å². The summed E-state index contributed by atoms with van der Waals surface area (Å²) in [5.74, 6) is 0. The summed E-state index contributed by atoms with van der Waals surface area (Å²) in [6.45, 7) is 11.7. The highest BCUT2D eigenvalue weighted by molar-refractivity contribution is 7.73. The van der Waals surface area contributed by atoms with E-state index in [1.54, 1.807) is 32.9 Å². The van der Waals surface area contributed by atoms with E-state index >= 15 is 0 Å². The average molecular weight is 453 g/mol. The molecule has 1 heteroatoms. The maximum atomic E-state index is 2.50. The van der Waals surface area contributed by atoms with Crippen molar-refractivity contribution in [2.75, 3.05) is 6.16 Å². The number of hydrogen-bond donors (Lipinski definition) is 0. The molecule has 0 aromatic heterocycles. The first-order valence-electron chi connectivity index (χ1n) is 13.7. The molecule has 0 saturated heterocycles. The molecule has 0 amide bonds. The molecule has 0 saturated carbocycles. The molecule has 0 bridgehead atoms. The number of aryl methyl sites for hydroxylation is 2. The van der Waals surface area contributed by atoms with Crippen LogP contribution >= 0.6 is 7.92 Å². The van der Waals surface area contributed by atoms with Gasteiger partial charge in [-0.2, -0.15) is 0 Å². The van der Waals surface area contributed by atoms with E-state index in [2.05, 4.69) is 71.0 Å². The van der Waals surface area contributed by atoms with Crippen LogP contribution in [0, 0.1) is 0 Å². The third kappa shape index (κ3) is 7.73. The highest BCUT2D eigenvalue weighted by Gasteiger charge is 2.22. The van der Waals surface area contributed by atoms with Crippen LogP contribution < -0.4 is 10.6 Å². The molecule has 0 aliphatic rings. The summed E-state index contributed by atoms with van der Waals surface area (Å²) in [5, 5.41) is 3.41. The SMILES string of the molecule is CCCCc1cccc(P(CCC)c2cccc(CCCC)c2CCCC)c1CCCC. The first-order valence-corrected chi connectivity index (χ1v) is 15.2. The Morgan fingerprint density at radius 1 is 0.500 bits per heavy atom. The largest absolute Gasteiger partial charge is 0.0654 e. The third-order valence-electron chi connectivity index (χ3n) is 6.69. The van der Waals surface area contributed by atoms with Gasteiger partial charge in [-0.25, -0.2) is 0 Å². The smallest absolute Gasteiger partial charge is 0.0160 e. The van der Waals surface area contributed by atoms with Gasteiger partial charge in [-0.05, 0) is 98.3 Å². The second-order valence-electron chi connectivity index (χ2n) is 9.40. The van der Waals surface area contributed by atoms with Gasteiger partial charge in [0.25, 0.3) is 0 Å². The molecule has 178 valence electrons. The quantitative estimate of drug-likeness (QED) is 0.223. The number of rotatable bonds is 16. The summed E-state index contributed by atoms with van der Waals surface area (Å²) in [7, 11) is -0.288. The lowest BCUT2D eigenvalue weighted by molar-refractivity contribution is 0.760. The van der Waals surface area contributed by atoms with Crippen LogP contribution in [0.3, 0.4) is 0 Å². The van der Waals surface area contributed by atoms with Gasteiger partial charge in [-0.3, -0.25) is 0 Å². The summed E-state index contributed by atoms with van der Waals surface area (Å²) in [6, 6.07) is 14.6. The van der Waals surface area contributed by atoms with Crippen molar-refractivity contribution in [1.29, 1.82) is 0 Å². The summed E-state index contributed by atoms with van der Waals surface area (Å²) in [5.41, 5.74) is 6.70. The standard InChI is InChI=1S/C31H49P/c1-6-11-17-26-19-15-23-30(28(26)21-13-8-3)32(25-10-5)31-24-16-20-27(18-12-7-2)29(31)22-14-9-4/h15-16,19-20,23-24H,6-14,17-18,21-22,25H2,1-5H3. The summed E-state index contributed by atoms with van der Waals surface area (Å²) >= 11 is 0. The van der Waals surface area contributed by atoms with Crippen LogP contribution in [0.2, 0.25) is 0 Å². The Bertz CT molecular complexity index is 713. The Kier molecular flexibility index (Phi) is 13.3. The molecule has 2 rings (SSSR count). The van der Waals surface area contributed by atoms with Crippen molar-refractivity contribution in [3.8, 4) is 0 Å². The highest BCUT2D eigenvalue weighted by atomic mass is 31.1. The van der Waals surface area contributed by atoms with Crippen LogP contribution in [-0.4, -0.2) is 6.16 Å². The molecule has 0 aliphatic heterocycles. The van der Waals surface area contributed by atoms with E-state index in [1.807, 2.05) is 0 Å². The van der Waals surface area contributed by atoms with E-state index in [0.29, 0.717) is 0 Å². The van der Waals surface area contributed by atoms with Crippen LogP contribution in [0.15, 0.2) is 36.4 Å². The zero-order valence-electron chi connectivity index (χ0n) is 21.8. The molecular formula is C31H49P. The minimum atomic E-state index is -0.288. The molecule has 0 N–H and O–H groups in total. The van der Waals surface area contributed by atoms with E-state index in [4.69, 9.17) is 0 Å². The van der Waals surface area contributed by atoms with Gasteiger partial charge >= 0.3 is 0 Å².